The van der Waals surface area contributed by atoms with Gasteiger partial charge in [0.25, 0.3) is 0 Å². The summed E-state index contributed by atoms with van der Waals surface area (Å²) in [6.45, 7) is 3.20. The van der Waals surface area contributed by atoms with Gasteiger partial charge in [-0.15, -0.1) is 0 Å². The fraction of sp³-hybridized carbons (Fsp3) is 0.778. The second-order valence-corrected chi connectivity index (χ2v) is 3.47. The molecule has 2 atom stereocenters. The normalized spacial score (nSPS) is 30.1. The van der Waals surface area contributed by atoms with E-state index in [0.717, 1.165) is 0 Å². The van der Waals surface area contributed by atoms with Gasteiger partial charge >= 0.3 is 12.1 Å². The van der Waals surface area contributed by atoms with Crippen molar-refractivity contribution in [3.8, 4) is 0 Å². The van der Waals surface area contributed by atoms with Gasteiger partial charge in [0.05, 0.1) is 19.1 Å². The molecule has 5 nitrogen and oxygen atoms in total. The molecule has 0 aromatic carbocycles. The predicted molar refractivity (Wildman–Crippen MR) is 46.6 cm³/mol. The van der Waals surface area contributed by atoms with Crippen LogP contribution < -0.4 is 0 Å². The predicted octanol–water partition coefficient (Wildman–Crippen LogP) is 0.390. The molecule has 1 saturated heterocycles. The minimum atomic E-state index is -0.304. The Kier molecular flexibility index (Phi) is 2.31. The Balaban J connectivity index is 1.86. The number of rotatable bonds is 3. The zero-order chi connectivity index (χ0) is 10.1. The molecule has 1 aliphatic heterocycles. The van der Waals surface area contributed by atoms with Gasteiger partial charge in [-0.05, 0) is 13.3 Å². The highest BCUT2D eigenvalue weighted by Crippen LogP contribution is 2.38. The molecule has 14 heavy (non-hydrogen) atoms. The Morgan fingerprint density at radius 2 is 2.50 bits per heavy atom. The number of carbonyl (C=O) groups excluding carboxylic acids is 2. The minimum absolute atomic E-state index is 0.0176. The first-order valence-corrected chi connectivity index (χ1v) is 4.84. The molecule has 5 heteroatoms. The third-order valence-corrected chi connectivity index (χ3v) is 2.54. The van der Waals surface area contributed by atoms with Crippen molar-refractivity contribution in [2.45, 2.75) is 19.4 Å². The van der Waals surface area contributed by atoms with Crippen molar-refractivity contribution < 1.29 is 19.1 Å². The fourth-order valence-corrected chi connectivity index (χ4v) is 1.74. The number of hydrogen-bond acceptors (Lipinski definition) is 4. The topological polar surface area (TPSA) is 55.8 Å². The number of amides is 1. The van der Waals surface area contributed by atoms with Crippen LogP contribution in [0.1, 0.15) is 13.3 Å². The summed E-state index contributed by atoms with van der Waals surface area (Å²) < 4.78 is 9.66. The van der Waals surface area contributed by atoms with E-state index in [-0.39, 0.29) is 24.0 Å². The number of esters is 1. The standard InChI is InChI=1S/C9H13NO4/c1-2-13-8(11)6-5-7(6)10-3-4-14-9(10)12/h6-7H,2-5H2,1H3. The van der Waals surface area contributed by atoms with Gasteiger partial charge in [-0.1, -0.05) is 0 Å². The average Bonchev–Trinajstić information content (AvgIpc) is 2.84. The maximum atomic E-state index is 11.3. The summed E-state index contributed by atoms with van der Waals surface area (Å²) in [5.74, 6) is -0.321. The molecule has 2 fully saturated rings. The molecule has 2 unspecified atom stereocenters. The first kappa shape index (κ1) is 9.30. The Labute approximate surface area is 82.0 Å². The van der Waals surface area contributed by atoms with Gasteiger partial charge in [0, 0.05) is 6.04 Å². The van der Waals surface area contributed by atoms with Gasteiger partial charge in [-0.2, -0.15) is 0 Å². The van der Waals surface area contributed by atoms with Crippen molar-refractivity contribution in [1.82, 2.24) is 4.90 Å². The SMILES string of the molecule is CCOC(=O)C1CC1N1CCOC1=O. The molecule has 1 aliphatic carbocycles. The van der Waals surface area contributed by atoms with E-state index in [1.165, 1.54) is 0 Å². The first-order valence-electron chi connectivity index (χ1n) is 4.84. The molecular formula is C9H13NO4. The quantitative estimate of drug-likeness (QED) is 0.617. The molecule has 0 N–H and O–H groups in total. The Morgan fingerprint density at radius 1 is 1.71 bits per heavy atom. The highest BCUT2D eigenvalue weighted by atomic mass is 16.6. The van der Waals surface area contributed by atoms with E-state index >= 15 is 0 Å². The lowest BCUT2D eigenvalue weighted by Gasteiger charge is -2.11. The van der Waals surface area contributed by atoms with Crippen molar-refractivity contribution >= 4 is 12.1 Å². The van der Waals surface area contributed by atoms with Gasteiger partial charge < -0.3 is 14.4 Å². The lowest BCUT2D eigenvalue weighted by atomic mass is 10.4. The van der Waals surface area contributed by atoms with E-state index in [4.69, 9.17) is 9.47 Å². The molecule has 0 aromatic rings. The summed E-state index contributed by atoms with van der Waals surface area (Å²) >= 11 is 0. The van der Waals surface area contributed by atoms with Crippen LogP contribution in [-0.4, -0.2) is 42.8 Å². The molecule has 1 heterocycles. The van der Waals surface area contributed by atoms with E-state index < -0.39 is 0 Å². The number of carbonyl (C=O) groups is 2. The van der Waals surface area contributed by atoms with E-state index in [9.17, 15) is 9.59 Å². The maximum absolute atomic E-state index is 11.3. The zero-order valence-electron chi connectivity index (χ0n) is 8.06. The van der Waals surface area contributed by atoms with E-state index in [1.54, 1.807) is 11.8 Å². The third kappa shape index (κ3) is 1.54. The van der Waals surface area contributed by atoms with Crippen molar-refractivity contribution in [2.24, 2.45) is 5.92 Å². The van der Waals surface area contributed by atoms with Crippen molar-refractivity contribution in [3.63, 3.8) is 0 Å². The largest absolute Gasteiger partial charge is 0.466 e. The highest BCUT2D eigenvalue weighted by molar-refractivity contribution is 5.79. The molecule has 0 aromatic heterocycles. The summed E-state index contributed by atoms with van der Waals surface area (Å²) in [7, 11) is 0. The molecule has 0 spiro atoms. The van der Waals surface area contributed by atoms with Gasteiger partial charge in [-0.25, -0.2) is 4.79 Å². The van der Waals surface area contributed by atoms with E-state index in [0.29, 0.717) is 26.2 Å². The maximum Gasteiger partial charge on any atom is 0.410 e. The van der Waals surface area contributed by atoms with Crippen LogP contribution in [0.4, 0.5) is 4.79 Å². The smallest absolute Gasteiger partial charge is 0.410 e. The molecular weight excluding hydrogens is 186 g/mol. The van der Waals surface area contributed by atoms with Crippen LogP contribution in [0, 0.1) is 5.92 Å². The Bertz CT molecular complexity index is 266. The van der Waals surface area contributed by atoms with Gasteiger partial charge in [0.1, 0.15) is 6.61 Å². The van der Waals surface area contributed by atoms with E-state index in [2.05, 4.69) is 0 Å². The van der Waals surface area contributed by atoms with Crippen LogP contribution in [0.25, 0.3) is 0 Å². The summed E-state index contributed by atoms with van der Waals surface area (Å²) in [6.07, 6.45) is 0.412. The van der Waals surface area contributed by atoms with Crippen LogP contribution in [0.3, 0.4) is 0 Å². The fourth-order valence-electron chi connectivity index (χ4n) is 1.74. The molecule has 78 valence electrons. The van der Waals surface area contributed by atoms with Crippen LogP contribution in [0.5, 0.6) is 0 Å². The van der Waals surface area contributed by atoms with Crippen molar-refractivity contribution in [3.05, 3.63) is 0 Å². The third-order valence-electron chi connectivity index (χ3n) is 2.54. The molecule has 2 aliphatic rings. The van der Waals surface area contributed by atoms with Gasteiger partial charge in [0.15, 0.2) is 0 Å². The zero-order valence-corrected chi connectivity index (χ0v) is 8.06. The second kappa shape index (κ2) is 3.48. The monoisotopic (exact) mass is 199 g/mol. The lowest BCUT2D eigenvalue weighted by molar-refractivity contribution is -0.145. The number of hydrogen-bond donors (Lipinski definition) is 0. The van der Waals surface area contributed by atoms with Crippen LogP contribution in [0.2, 0.25) is 0 Å². The van der Waals surface area contributed by atoms with Crippen LogP contribution in [-0.2, 0) is 14.3 Å². The summed E-state index contributed by atoms with van der Waals surface area (Å²) in [5.41, 5.74) is 0. The molecule has 1 saturated carbocycles. The second-order valence-electron chi connectivity index (χ2n) is 3.47. The minimum Gasteiger partial charge on any atom is -0.466 e. The molecule has 1 amide bonds. The number of ether oxygens (including phenoxy) is 2. The van der Waals surface area contributed by atoms with Crippen molar-refractivity contribution in [1.29, 1.82) is 0 Å². The van der Waals surface area contributed by atoms with E-state index in [1.807, 2.05) is 0 Å². The highest BCUT2D eigenvalue weighted by Gasteiger charge is 2.51. The van der Waals surface area contributed by atoms with Crippen LogP contribution >= 0.6 is 0 Å². The van der Waals surface area contributed by atoms with Gasteiger partial charge in [0.2, 0.25) is 0 Å². The Hall–Kier alpha value is -1.26. The van der Waals surface area contributed by atoms with Crippen molar-refractivity contribution in [2.75, 3.05) is 19.8 Å². The molecule has 0 bridgehead atoms. The lowest BCUT2D eigenvalue weighted by Crippen LogP contribution is -2.29. The summed E-state index contributed by atoms with van der Waals surface area (Å²) in [6, 6.07) is 0.0176. The first-order chi connectivity index (χ1) is 6.74. The summed E-state index contributed by atoms with van der Waals surface area (Å²) in [5, 5.41) is 0. The number of nitrogens with zero attached hydrogens (tertiary/aromatic N) is 1. The Morgan fingerprint density at radius 3 is 3.07 bits per heavy atom. The molecule has 0 radical (unpaired) electrons. The number of cyclic esters (lactones) is 1. The summed E-state index contributed by atoms with van der Waals surface area (Å²) in [4.78, 5) is 24.0. The molecule has 2 rings (SSSR count). The van der Waals surface area contributed by atoms with Gasteiger partial charge in [-0.3, -0.25) is 4.79 Å². The van der Waals surface area contributed by atoms with Crippen LogP contribution in [0.15, 0.2) is 0 Å². The average molecular weight is 199 g/mol.